The smallest absolute Gasteiger partial charge is 0.123 e. The summed E-state index contributed by atoms with van der Waals surface area (Å²) in [6.07, 6.45) is 1.31. The van der Waals surface area contributed by atoms with Gasteiger partial charge in [0, 0.05) is 0 Å². The second-order valence-corrected chi connectivity index (χ2v) is 5.55. The van der Waals surface area contributed by atoms with Crippen molar-refractivity contribution in [3.63, 3.8) is 0 Å². The average molecular weight is 281 g/mol. The molecule has 0 saturated heterocycles. The van der Waals surface area contributed by atoms with E-state index in [2.05, 4.69) is 6.07 Å². The highest BCUT2D eigenvalue weighted by atomic mass is 19.1. The summed E-state index contributed by atoms with van der Waals surface area (Å²) in [5.74, 6) is -0.399. The van der Waals surface area contributed by atoms with Gasteiger partial charge in [-0.15, -0.1) is 0 Å². The first kappa shape index (κ1) is 13.8. The minimum absolute atomic E-state index is 0.399. The van der Waals surface area contributed by atoms with Gasteiger partial charge in [0.1, 0.15) is 17.3 Å². The van der Waals surface area contributed by atoms with Crippen molar-refractivity contribution in [3.05, 3.63) is 71.0 Å². The number of nitrogens with zero attached hydrogens (tertiary/aromatic N) is 1. The SMILES string of the molecule is N#CC1(C(O)c2cccc(F)c2)CCCc2ccccc21. The minimum atomic E-state index is -1.03. The fourth-order valence-electron chi connectivity index (χ4n) is 3.29. The molecule has 1 aliphatic rings. The summed E-state index contributed by atoms with van der Waals surface area (Å²) < 4.78 is 13.4. The average Bonchev–Trinajstić information content (AvgIpc) is 2.53. The lowest BCUT2D eigenvalue weighted by atomic mass is 9.66. The van der Waals surface area contributed by atoms with Gasteiger partial charge >= 0.3 is 0 Å². The lowest BCUT2D eigenvalue weighted by Crippen LogP contribution is -2.36. The second kappa shape index (κ2) is 5.31. The molecule has 2 aromatic carbocycles. The van der Waals surface area contributed by atoms with E-state index >= 15 is 0 Å². The maximum Gasteiger partial charge on any atom is 0.123 e. The third-order valence-electron chi connectivity index (χ3n) is 4.35. The standard InChI is InChI=1S/C18H16FNO/c19-15-8-3-6-14(11-15)17(21)18(12-20)10-4-7-13-5-1-2-9-16(13)18/h1-3,5-6,8-9,11,17,21H,4,7,10H2. The number of hydrogen-bond donors (Lipinski definition) is 1. The van der Waals surface area contributed by atoms with Gasteiger partial charge < -0.3 is 5.11 Å². The van der Waals surface area contributed by atoms with Crippen molar-refractivity contribution >= 4 is 0 Å². The van der Waals surface area contributed by atoms with E-state index in [1.165, 1.54) is 12.1 Å². The summed E-state index contributed by atoms with van der Waals surface area (Å²) >= 11 is 0. The van der Waals surface area contributed by atoms with Gasteiger partial charge in [-0.05, 0) is 48.1 Å². The molecule has 0 fully saturated rings. The third-order valence-corrected chi connectivity index (χ3v) is 4.35. The topological polar surface area (TPSA) is 44.0 Å². The van der Waals surface area contributed by atoms with E-state index in [4.69, 9.17) is 0 Å². The lowest BCUT2D eigenvalue weighted by molar-refractivity contribution is 0.0993. The number of nitriles is 1. The number of halogens is 1. The number of aliphatic hydroxyl groups is 1. The molecule has 2 unspecified atom stereocenters. The first-order valence-corrected chi connectivity index (χ1v) is 7.10. The monoisotopic (exact) mass is 281 g/mol. The van der Waals surface area contributed by atoms with Crippen LogP contribution in [0.5, 0.6) is 0 Å². The molecule has 21 heavy (non-hydrogen) atoms. The van der Waals surface area contributed by atoms with Crippen LogP contribution in [0, 0.1) is 17.1 Å². The van der Waals surface area contributed by atoms with Gasteiger partial charge in [0.2, 0.25) is 0 Å². The summed E-state index contributed by atoms with van der Waals surface area (Å²) in [5, 5.41) is 20.6. The molecule has 0 bridgehead atoms. The van der Waals surface area contributed by atoms with Crippen LogP contribution in [-0.4, -0.2) is 5.11 Å². The van der Waals surface area contributed by atoms with E-state index in [0.717, 1.165) is 24.0 Å². The predicted molar refractivity (Wildman–Crippen MR) is 78.0 cm³/mol. The normalized spacial score (nSPS) is 22.1. The Morgan fingerprint density at radius 2 is 2.00 bits per heavy atom. The zero-order chi connectivity index (χ0) is 14.9. The Morgan fingerprint density at radius 1 is 1.19 bits per heavy atom. The molecule has 0 saturated carbocycles. The highest BCUT2D eigenvalue weighted by Crippen LogP contribution is 2.45. The summed E-state index contributed by atoms with van der Waals surface area (Å²) in [4.78, 5) is 0. The molecule has 0 amide bonds. The minimum Gasteiger partial charge on any atom is -0.386 e. The molecule has 0 aromatic heterocycles. The van der Waals surface area contributed by atoms with E-state index in [0.29, 0.717) is 12.0 Å². The van der Waals surface area contributed by atoms with Crippen LogP contribution in [0.25, 0.3) is 0 Å². The number of rotatable bonds is 2. The molecule has 0 aliphatic heterocycles. The number of fused-ring (bicyclic) bond motifs is 1. The Morgan fingerprint density at radius 3 is 2.76 bits per heavy atom. The molecule has 0 spiro atoms. The molecule has 0 radical (unpaired) electrons. The molecule has 0 heterocycles. The number of benzene rings is 2. The van der Waals surface area contributed by atoms with Crippen molar-refractivity contribution in [1.29, 1.82) is 5.26 Å². The Labute approximate surface area is 123 Å². The Hall–Kier alpha value is -2.18. The largest absolute Gasteiger partial charge is 0.386 e. The van der Waals surface area contributed by atoms with Crippen LogP contribution < -0.4 is 0 Å². The molecule has 1 aliphatic carbocycles. The maximum atomic E-state index is 13.4. The van der Waals surface area contributed by atoms with Gasteiger partial charge in [0.05, 0.1) is 6.07 Å². The van der Waals surface area contributed by atoms with Crippen LogP contribution in [0.1, 0.15) is 35.6 Å². The number of aryl methyl sites for hydroxylation is 1. The fourth-order valence-corrected chi connectivity index (χ4v) is 3.29. The van der Waals surface area contributed by atoms with Crippen molar-refractivity contribution in [2.24, 2.45) is 0 Å². The molecular weight excluding hydrogens is 265 g/mol. The molecule has 2 nitrogen and oxygen atoms in total. The van der Waals surface area contributed by atoms with E-state index in [9.17, 15) is 14.8 Å². The van der Waals surface area contributed by atoms with Crippen LogP contribution in [-0.2, 0) is 11.8 Å². The Balaban J connectivity index is 2.12. The summed E-state index contributed by atoms with van der Waals surface area (Å²) in [6.45, 7) is 0. The van der Waals surface area contributed by atoms with E-state index in [1.807, 2.05) is 24.3 Å². The van der Waals surface area contributed by atoms with Crippen LogP contribution in [0.4, 0.5) is 4.39 Å². The van der Waals surface area contributed by atoms with Crippen molar-refractivity contribution in [3.8, 4) is 6.07 Å². The number of hydrogen-bond acceptors (Lipinski definition) is 2. The quantitative estimate of drug-likeness (QED) is 0.913. The van der Waals surface area contributed by atoms with Crippen LogP contribution in [0.3, 0.4) is 0 Å². The molecule has 1 N–H and O–H groups in total. The summed E-state index contributed by atoms with van der Waals surface area (Å²) in [6, 6.07) is 15.9. The Bertz CT molecular complexity index is 706. The van der Waals surface area contributed by atoms with Crippen molar-refractivity contribution in [2.45, 2.75) is 30.8 Å². The van der Waals surface area contributed by atoms with Gasteiger partial charge in [-0.2, -0.15) is 5.26 Å². The van der Waals surface area contributed by atoms with Crippen molar-refractivity contribution < 1.29 is 9.50 Å². The summed E-state index contributed by atoms with van der Waals surface area (Å²) in [7, 11) is 0. The first-order chi connectivity index (χ1) is 10.2. The zero-order valence-corrected chi connectivity index (χ0v) is 11.6. The van der Waals surface area contributed by atoms with Gasteiger partial charge in [0.25, 0.3) is 0 Å². The molecule has 2 atom stereocenters. The van der Waals surface area contributed by atoms with Crippen LogP contribution in [0.2, 0.25) is 0 Å². The van der Waals surface area contributed by atoms with Crippen LogP contribution in [0.15, 0.2) is 48.5 Å². The molecular formula is C18H16FNO. The molecule has 3 heteroatoms. The summed E-state index contributed by atoms with van der Waals surface area (Å²) in [5.41, 5.74) is 1.42. The van der Waals surface area contributed by atoms with Gasteiger partial charge in [0.15, 0.2) is 0 Å². The number of aliphatic hydroxyl groups excluding tert-OH is 1. The van der Waals surface area contributed by atoms with Crippen LogP contribution >= 0.6 is 0 Å². The van der Waals surface area contributed by atoms with Crippen molar-refractivity contribution in [2.75, 3.05) is 0 Å². The highest BCUT2D eigenvalue weighted by molar-refractivity contribution is 5.45. The third kappa shape index (κ3) is 2.22. The lowest BCUT2D eigenvalue weighted by Gasteiger charge is -2.37. The van der Waals surface area contributed by atoms with Gasteiger partial charge in [-0.3, -0.25) is 0 Å². The van der Waals surface area contributed by atoms with E-state index in [1.54, 1.807) is 12.1 Å². The zero-order valence-electron chi connectivity index (χ0n) is 11.6. The van der Waals surface area contributed by atoms with E-state index < -0.39 is 17.3 Å². The maximum absolute atomic E-state index is 13.4. The highest BCUT2D eigenvalue weighted by Gasteiger charge is 2.43. The van der Waals surface area contributed by atoms with Gasteiger partial charge in [-0.1, -0.05) is 36.4 Å². The molecule has 2 aromatic rings. The molecule has 106 valence electrons. The molecule has 3 rings (SSSR count). The predicted octanol–water partition coefficient (Wildman–Crippen LogP) is 3.66. The van der Waals surface area contributed by atoms with E-state index in [-0.39, 0.29) is 0 Å². The second-order valence-electron chi connectivity index (χ2n) is 5.55. The Kier molecular flexibility index (Phi) is 3.48. The first-order valence-electron chi connectivity index (χ1n) is 7.10. The fraction of sp³-hybridized carbons (Fsp3) is 0.278. The van der Waals surface area contributed by atoms with Gasteiger partial charge in [-0.25, -0.2) is 4.39 Å². The van der Waals surface area contributed by atoms with Crippen molar-refractivity contribution in [1.82, 2.24) is 0 Å².